The number of benzene rings is 1. The lowest BCUT2D eigenvalue weighted by Crippen LogP contribution is -2.28. The van der Waals surface area contributed by atoms with Crippen molar-refractivity contribution in [3.8, 4) is 0 Å². The first kappa shape index (κ1) is 17.3. The van der Waals surface area contributed by atoms with Crippen LogP contribution >= 0.6 is 11.6 Å². The summed E-state index contributed by atoms with van der Waals surface area (Å²) in [5, 5.41) is 3.73. The van der Waals surface area contributed by atoms with Crippen molar-refractivity contribution in [2.24, 2.45) is 5.92 Å². The van der Waals surface area contributed by atoms with Gasteiger partial charge in [-0.3, -0.25) is 9.88 Å². The average molecular weight is 348 g/mol. The van der Waals surface area contributed by atoms with Crippen LogP contribution in [0.4, 0.5) is 4.39 Å². The van der Waals surface area contributed by atoms with Crippen molar-refractivity contribution in [2.75, 3.05) is 20.1 Å². The van der Waals surface area contributed by atoms with Gasteiger partial charge in [0.25, 0.3) is 0 Å². The van der Waals surface area contributed by atoms with Gasteiger partial charge < -0.3 is 5.32 Å². The number of hydrogen-bond acceptors (Lipinski definition) is 3. The Kier molecular flexibility index (Phi) is 5.49. The Labute approximate surface area is 147 Å². The number of halogens is 2. The largest absolute Gasteiger partial charge is 0.312 e. The van der Waals surface area contributed by atoms with E-state index in [4.69, 9.17) is 11.6 Å². The monoisotopic (exact) mass is 347 g/mol. The third-order valence-corrected chi connectivity index (χ3v) is 5.24. The third kappa shape index (κ3) is 3.77. The highest BCUT2D eigenvalue weighted by molar-refractivity contribution is 6.30. The van der Waals surface area contributed by atoms with E-state index >= 15 is 0 Å². The molecule has 1 aromatic heterocycles. The zero-order valence-corrected chi connectivity index (χ0v) is 14.9. The third-order valence-electron chi connectivity index (χ3n) is 4.93. The van der Waals surface area contributed by atoms with E-state index in [1.54, 1.807) is 12.1 Å². The minimum Gasteiger partial charge on any atom is -0.312 e. The summed E-state index contributed by atoms with van der Waals surface area (Å²) in [6.07, 6.45) is 4.83. The maximum absolute atomic E-state index is 13.8. The maximum atomic E-state index is 13.8. The molecule has 3 rings (SSSR count). The maximum Gasteiger partial charge on any atom is 0.142 e. The van der Waals surface area contributed by atoms with Crippen molar-refractivity contribution >= 4 is 11.6 Å². The number of likely N-dealkylation sites (tertiary alicyclic amines) is 1. The van der Waals surface area contributed by atoms with Crippen LogP contribution in [0.1, 0.15) is 29.2 Å². The molecule has 3 nitrogen and oxygen atoms in total. The summed E-state index contributed by atoms with van der Waals surface area (Å²) in [6, 6.07) is 7.42. The molecule has 2 aromatic rings. The minimum absolute atomic E-state index is 0.182. The van der Waals surface area contributed by atoms with E-state index in [-0.39, 0.29) is 16.9 Å². The molecule has 5 heteroatoms. The summed E-state index contributed by atoms with van der Waals surface area (Å²) in [4.78, 5) is 6.48. The average Bonchev–Trinajstić information content (AvgIpc) is 2.93. The van der Waals surface area contributed by atoms with Gasteiger partial charge in [0.2, 0.25) is 0 Å². The normalized spacial score (nSPS) is 21.3. The van der Waals surface area contributed by atoms with Gasteiger partial charge in [0, 0.05) is 31.5 Å². The molecule has 0 spiro atoms. The Morgan fingerprint density at radius 1 is 1.38 bits per heavy atom. The molecule has 0 bridgehead atoms. The van der Waals surface area contributed by atoms with E-state index < -0.39 is 0 Å². The lowest BCUT2D eigenvalue weighted by atomic mass is 9.93. The smallest absolute Gasteiger partial charge is 0.142 e. The molecule has 0 unspecified atom stereocenters. The van der Waals surface area contributed by atoms with E-state index in [2.05, 4.69) is 29.2 Å². The Morgan fingerprint density at radius 2 is 2.21 bits per heavy atom. The second-order valence-corrected chi connectivity index (χ2v) is 6.99. The summed E-state index contributed by atoms with van der Waals surface area (Å²) >= 11 is 5.82. The van der Waals surface area contributed by atoms with Crippen molar-refractivity contribution < 1.29 is 4.39 Å². The summed E-state index contributed by atoms with van der Waals surface area (Å²) in [5.41, 5.74) is 3.47. The predicted molar refractivity (Wildman–Crippen MR) is 95.6 cm³/mol. The first-order valence-electron chi connectivity index (χ1n) is 8.31. The number of nitrogens with one attached hydrogen (secondary N) is 1. The molecule has 1 fully saturated rings. The fourth-order valence-corrected chi connectivity index (χ4v) is 3.65. The fourth-order valence-electron chi connectivity index (χ4n) is 3.54. The molecule has 24 heavy (non-hydrogen) atoms. The van der Waals surface area contributed by atoms with E-state index in [0.717, 1.165) is 31.6 Å². The zero-order chi connectivity index (χ0) is 17.1. The van der Waals surface area contributed by atoms with Crippen LogP contribution in [-0.2, 0) is 6.54 Å². The molecule has 0 aliphatic carbocycles. The number of pyridine rings is 1. The highest BCUT2D eigenvalue weighted by atomic mass is 35.5. The summed E-state index contributed by atoms with van der Waals surface area (Å²) in [7, 11) is 2.10. The summed E-state index contributed by atoms with van der Waals surface area (Å²) < 4.78 is 13.8. The molecule has 0 saturated carbocycles. The lowest BCUT2D eigenvalue weighted by molar-refractivity contribution is 0.271. The first-order valence-corrected chi connectivity index (χ1v) is 8.69. The van der Waals surface area contributed by atoms with Gasteiger partial charge >= 0.3 is 0 Å². The molecule has 1 aromatic carbocycles. The van der Waals surface area contributed by atoms with Crippen molar-refractivity contribution in [3.63, 3.8) is 0 Å². The Morgan fingerprint density at radius 3 is 2.96 bits per heavy atom. The van der Waals surface area contributed by atoms with Gasteiger partial charge in [0.1, 0.15) is 5.82 Å². The Hall–Kier alpha value is -1.49. The van der Waals surface area contributed by atoms with Crippen LogP contribution in [0.25, 0.3) is 0 Å². The van der Waals surface area contributed by atoms with Crippen molar-refractivity contribution in [3.05, 3.63) is 64.2 Å². The molecular formula is C19H23ClFN3. The molecule has 1 saturated heterocycles. The molecule has 2 heterocycles. The zero-order valence-electron chi connectivity index (χ0n) is 14.1. The van der Waals surface area contributed by atoms with Gasteiger partial charge in [-0.1, -0.05) is 17.7 Å². The van der Waals surface area contributed by atoms with Gasteiger partial charge in [-0.15, -0.1) is 0 Å². The highest BCUT2D eigenvalue weighted by Crippen LogP contribution is 2.36. The van der Waals surface area contributed by atoms with Crippen LogP contribution < -0.4 is 5.32 Å². The fraction of sp³-hybridized carbons (Fsp3) is 0.421. The number of aromatic nitrogens is 1. The van der Waals surface area contributed by atoms with E-state index in [1.165, 1.54) is 11.1 Å². The first-order chi connectivity index (χ1) is 11.6. The van der Waals surface area contributed by atoms with Crippen molar-refractivity contribution in [1.82, 2.24) is 15.2 Å². The Bertz CT molecular complexity index is 707. The van der Waals surface area contributed by atoms with E-state index in [9.17, 15) is 4.39 Å². The molecule has 1 aliphatic heterocycles. The highest BCUT2D eigenvalue weighted by Gasteiger charge is 2.32. The lowest BCUT2D eigenvalue weighted by Gasteiger charge is -2.26. The van der Waals surface area contributed by atoms with Gasteiger partial charge in [-0.2, -0.15) is 0 Å². The quantitative estimate of drug-likeness (QED) is 0.887. The molecule has 1 N–H and O–H groups in total. The number of hydrogen-bond donors (Lipinski definition) is 1. The van der Waals surface area contributed by atoms with E-state index in [1.807, 2.05) is 24.5 Å². The molecule has 0 amide bonds. The van der Waals surface area contributed by atoms with Crippen LogP contribution in [0.2, 0.25) is 5.02 Å². The molecule has 2 atom stereocenters. The number of aryl methyl sites for hydroxylation is 1. The van der Waals surface area contributed by atoms with Crippen LogP contribution in [-0.4, -0.2) is 30.0 Å². The second-order valence-electron chi connectivity index (χ2n) is 6.58. The second kappa shape index (κ2) is 7.60. The van der Waals surface area contributed by atoms with Crippen LogP contribution in [0, 0.1) is 18.7 Å². The van der Waals surface area contributed by atoms with E-state index in [0.29, 0.717) is 5.92 Å². The standard InChI is InChI=1S/C19H23ClFN3/c1-13-5-7-22-11-16(13)12-23-10-15-6-8-24(2)19(15)14-3-4-17(20)18(21)9-14/h3-5,7,9,11,15,19,23H,6,8,10,12H2,1-2H3/t15-,19-/m1/s1. The minimum atomic E-state index is -0.341. The van der Waals surface area contributed by atoms with Gasteiger partial charge in [0.15, 0.2) is 0 Å². The molecule has 1 aliphatic rings. The molecule has 0 radical (unpaired) electrons. The SMILES string of the molecule is Cc1ccncc1CNC[C@H]1CCN(C)[C@@H]1c1ccc(Cl)c(F)c1. The van der Waals surface area contributed by atoms with Gasteiger partial charge in [-0.05, 0) is 67.7 Å². The van der Waals surface area contributed by atoms with Crippen molar-refractivity contribution in [1.29, 1.82) is 0 Å². The molecule has 128 valence electrons. The summed E-state index contributed by atoms with van der Waals surface area (Å²) in [6.45, 7) is 4.82. The van der Waals surface area contributed by atoms with Crippen LogP contribution in [0.5, 0.6) is 0 Å². The van der Waals surface area contributed by atoms with Gasteiger partial charge in [-0.25, -0.2) is 4.39 Å². The summed E-state index contributed by atoms with van der Waals surface area (Å²) in [5.74, 6) is 0.111. The topological polar surface area (TPSA) is 28.2 Å². The predicted octanol–water partition coefficient (Wildman–Crippen LogP) is 3.97. The number of nitrogens with zero attached hydrogens (tertiary/aromatic N) is 2. The van der Waals surface area contributed by atoms with Crippen molar-refractivity contribution in [2.45, 2.75) is 25.9 Å². The Balaban J connectivity index is 1.66. The van der Waals surface area contributed by atoms with Crippen LogP contribution in [0.3, 0.4) is 0 Å². The van der Waals surface area contributed by atoms with Gasteiger partial charge in [0.05, 0.1) is 5.02 Å². The number of rotatable bonds is 5. The molecular weight excluding hydrogens is 325 g/mol. The van der Waals surface area contributed by atoms with Crippen LogP contribution in [0.15, 0.2) is 36.7 Å².